The molecule has 2 rings (SSSR count). The Balaban J connectivity index is 2.11. The molecular weight excluding hydrogens is 258 g/mol. The van der Waals surface area contributed by atoms with Crippen LogP contribution in [-0.2, 0) is 6.54 Å². The number of nitrogens with two attached hydrogens (primary N) is 1. The summed E-state index contributed by atoms with van der Waals surface area (Å²) in [5.41, 5.74) is 7.98. The van der Waals surface area contributed by atoms with Gasteiger partial charge in [-0.3, -0.25) is 4.79 Å². The minimum Gasteiger partial charge on any atom is -0.399 e. The van der Waals surface area contributed by atoms with Gasteiger partial charge in [0.2, 0.25) is 0 Å². The van der Waals surface area contributed by atoms with Crippen LogP contribution in [-0.4, -0.2) is 22.3 Å². The quantitative estimate of drug-likeness (QED) is 0.873. The average molecular weight is 275 g/mol. The van der Waals surface area contributed by atoms with Gasteiger partial charge in [-0.25, -0.2) is 4.98 Å². The molecule has 100 valence electrons. The van der Waals surface area contributed by atoms with Gasteiger partial charge in [0.05, 0.1) is 5.01 Å². The molecule has 0 radical (unpaired) electrons. The van der Waals surface area contributed by atoms with Crippen molar-refractivity contribution in [2.24, 2.45) is 0 Å². The summed E-state index contributed by atoms with van der Waals surface area (Å²) in [6.07, 6.45) is 0. The molecule has 1 aromatic carbocycles. The highest BCUT2D eigenvalue weighted by Gasteiger charge is 2.16. The number of carbonyl (C=O) groups excluding carboxylic acids is 1. The maximum Gasteiger partial charge on any atom is 0.273 e. The van der Waals surface area contributed by atoms with E-state index in [0.29, 0.717) is 18.8 Å². The Bertz CT molecular complexity index is 562. The SMILES string of the molecule is CCN(Cc1ccc(N)cc1)C(=O)c1csc(C)n1. The minimum atomic E-state index is -0.0244. The molecule has 0 unspecified atom stereocenters. The van der Waals surface area contributed by atoms with Gasteiger partial charge in [0.15, 0.2) is 0 Å². The van der Waals surface area contributed by atoms with Gasteiger partial charge in [-0.1, -0.05) is 12.1 Å². The molecule has 0 fully saturated rings. The van der Waals surface area contributed by atoms with Crippen molar-refractivity contribution < 1.29 is 4.79 Å². The van der Waals surface area contributed by atoms with Crippen molar-refractivity contribution in [1.29, 1.82) is 0 Å². The van der Waals surface area contributed by atoms with Crippen LogP contribution in [0.25, 0.3) is 0 Å². The normalized spacial score (nSPS) is 10.4. The number of hydrogen-bond acceptors (Lipinski definition) is 4. The Morgan fingerprint density at radius 3 is 2.58 bits per heavy atom. The van der Waals surface area contributed by atoms with E-state index < -0.39 is 0 Å². The smallest absolute Gasteiger partial charge is 0.273 e. The summed E-state index contributed by atoms with van der Waals surface area (Å²) in [7, 11) is 0. The fourth-order valence-electron chi connectivity index (χ4n) is 1.79. The molecule has 5 heteroatoms. The molecule has 0 spiro atoms. The lowest BCUT2D eigenvalue weighted by Gasteiger charge is -2.20. The molecule has 0 bridgehead atoms. The van der Waals surface area contributed by atoms with Crippen molar-refractivity contribution in [3.63, 3.8) is 0 Å². The van der Waals surface area contributed by atoms with Gasteiger partial charge in [0.25, 0.3) is 5.91 Å². The first-order valence-electron chi connectivity index (χ1n) is 6.16. The molecule has 0 atom stereocenters. The summed E-state index contributed by atoms with van der Waals surface area (Å²) in [5.74, 6) is -0.0244. The fraction of sp³-hybridized carbons (Fsp3) is 0.286. The molecule has 2 aromatic rings. The lowest BCUT2D eigenvalue weighted by atomic mass is 10.2. The van der Waals surface area contributed by atoms with E-state index in [1.807, 2.05) is 43.5 Å². The number of aryl methyl sites for hydroxylation is 1. The third-order valence-electron chi connectivity index (χ3n) is 2.86. The van der Waals surface area contributed by atoms with Crippen molar-refractivity contribution in [2.45, 2.75) is 20.4 Å². The van der Waals surface area contributed by atoms with Crippen LogP contribution in [0.1, 0.15) is 28.0 Å². The van der Waals surface area contributed by atoms with Gasteiger partial charge >= 0.3 is 0 Å². The van der Waals surface area contributed by atoms with E-state index in [9.17, 15) is 4.79 Å². The summed E-state index contributed by atoms with van der Waals surface area (Å²) in [5, 5.41) is 2.72. The van der Waals surface area contributed by atoms with Crippen molar-refractivity contribution in [1.82, 2.24) is 9.88 Å². The first-order chi connectivity index (χ1) is 9.10. The van der Waals surface area contributed by atoms with E-state index in [1.54, 1.807) is 4.90 Å². The first-order valence-corrected chi connectivity index (χ1v) is 7.04. The van der Waals surface area contributed by atoms with Crippen molar-refractivity contribution in [3.05, 3.63) is 45.9 Å². The zero-order valence-electron chi connectivity index (χ0n) is 11.1. The number of aromatic nitrogens is 1. The molecule has 2 N–H and O–H groups in total. The molecule has 1 aromatic heterocycles. The third-order valence-corrected chi connectivity index (χ3v) is 3.63. The van der Waals surface area contributed by atoms with Crippen LogP contribution in [0.3, 0.4) is 0 Å². The first kappa shape index (κ1) is 13.5. The number of rotatable bonds is 4. The van der Waals surface area contributed by atoms with Crippen molar-refractivity contribution in [2.75, 3.05) is 12.3 Å². The largest absolute Gasteiger partial charge is 0.399 e. The average Bonchev–Trinajstić information content (AvgIpc) is 2.84. The van der Waals surface area contributed by atoms with Gasteiger partial charge in [0, 0.05) is 24.2 Å². The Labute approximate surface area is 116 Å². The molecule has 1 heterocycles. The van der Waals surface area contributed by atoms with Gasteiger partial charge in [-0.05, 0) is 31.5 Å². The zero-order chi connectivity index (χ0) is 13.8. The van der Waals surface area contributed by atoms with E-state index in [2.05, 4.69) is 4.98 Å². The number of anilines is 1. The van der Waals surface area contributed by atoms with Gasteiger partial charge < -0.3 is 10.6 Å². The Hall–Kier alpha value is -1.88. The van der Waals surface area contributed by atoms with Gasteiger partial charge in [0.1, 0.15) is 5.69 Å². The number of amides is 1. The number of carbonyl (C=O) groups is 1. The summed E-state index contributed by atoms with van der Waals surface area (Å²) in [6.45, 7) is 5.10. The van der Waals surface area contributed by atoms with Gasteiger partial charge in [-0.2, -0.15) is 0 Å². The van der Waals surface area contributed by atoms with Crippen LogP contribution < -0.4 is 5.73 Å². The summed E-state index contributed by atoms with van der Waals surface area (Å²) in [6, 6.07) is 7.58. The number of hydrogen-bond donors (Lipinski definition) is 1. The molecule has 0 aliphatic heterocycles. The van der Waals surface area contributed by atoms with Gasteiger partial charge in [-0.15, -0.1) is 11.3 Å². The number of nitrogens with zero attached hydrogens (tertiary/aromatic N) is 2. The van der Waals surface area contributed by atoms with Crippen molar-refractivity contribution >= 4 is 22.9 Å². The lowest BCUT2D eigenvalue weighted by molar-refractivity contribution is 0.0747. The van der Waals surface area contributed by atoms with E-state index >= 15 is 0 Å². The molecular formula is C14H17N3OS. The summed E-state index contributed by atoms with van der Waals surface area (Å²) >= 11 is 1.49. The van der Waals surface area contributed by atoms with E-state index in [0.717, 1.165) is 16.3 Å². The Kier molecular flexibility index (Phi) is 4.16. The highest BCUT2D eigenvalue weighted by molar-refractivity contribution is 7.09. The molecule has 0 saturated carbocycles. The standard InChI is InChI=1S/C14H17N3OS/c1-3-17(8-11-4-6-12(15)7-5-11)14(18)13-9-19-10(2)16-13/h4-7,9H,3,8,15H2,1-2H3. The number of thiazole rings is 1. The van der Waals surface area contributed by atoms with E-state index in [1.165, 1.54) is 11.3 Å². The van der Waals surface area contributed by atoms with Crippen LogP contribution in [0.4, 0.5) is 5.69 Å². The molecule has 0 aliphatic rings. The second kappa shape index (κ2) is 5.84. The van der Waals surface area contributed by atoms with E-state index in [-0.39, 0.29) is 5.91 Å². The zero-order valence-corrected chi connectivity index (χ0v) is 11.9. The fourth-order valence-corrected chi connectivity index (χ4v) is 2.38. The van der Waals surface area contributed by atoms with Crippen LogP contribution in [0.15, 0.2) is 29.6 Å². The predicted molar refractivity (Wildman–Crippen MR) is 78.1 cm³/mol. The van der Waals surface area contributed by atoms with Crippen LogP contribution in [0.5, 0.6) is 0 Å². The molecule has 1 amide bonds. The van der Waals surface area contributed by atoms with E-state index in [4.69, 9.17) is 5.73 Å². The highest BCUT2D eigenvalue weighted by atomic mass is 32.1. The topological polar surface area (TPSA) is 59.2 Å². The number of nitrogen functional groups attached to an aromatic ring is 1. The van der Waals surface area contributed by atoms with Crippen molar-refractivity contribution in [3.8, 4) is 0 Å². The minimum absolute atomic E-state index is 0.0244. The lowest BCUT2D eigenvalue weighted by Crippen LogP contribution is -2.30. The monoisotopic (exact) mass is 275 g/mol. The molecule has 19 heavy (non-hydrogen) atoms. The predicted octanol–water partition coefficient (Wildman–Crippen LogP) is 2.70. The number of benzene rings is 1. The second-order valence-electron chi connectivity index (χ2n) is 4.31. The maximum absolute atomic E-state index is 12.3. The second-order valence-corrected chi connectivity index (χ2v) is 5.37. The third kappa shape index (κ3) is 3.32. The summed E-state index contributed by atoms with van der Waals surface area (Å²) in [4.78, 5) is 18.3. The highest BCUT2D eigenvalue weighted by Crippen LogP contribution is 2.14. The molecule has 0 saturated heterocycles. The van der Waals surface area contributed by atoms with Crippen LogP contribution in [0, 0.1) is 6.92 Å². The molecule has 4 nitrogen and oxygen atoms in total. The maximum atomic E-state index is 12.3. The Morgan fingerprint density at radius 2 is 2.05 bits per heavy atom. The Morgan fingerprint density at radius 1 is 1.37 bits per heavy atom. The van der Waals surface area contributed by atoms with Crippen LogP contribution in [0.2, 0.25) is 0 Å². The summed E-state index contributed by atoms with van der Waals surface area (Å²) < 4.78 is 0. The molecule has 0 aliphatic carbocycles. The van der Waals surface area contributed by atoms with Crippen LogP contribution >= 0.6 is 11.3 Å².